The molecule has 6 heteroatoms. The van der Waals surface area contributed by atoms with Crippen molar-refractivity contribution in [3.05, 3.63) is 11.5 Å². The maximum Gasteiger partial charge on any atom is 0.246 e. The Morgan fingerprint density at radius 3 is 2.84 bits per heavy atom. The van der Waals surface area contributed by atoms with Crippen molar-refractivity contribution in [2.24, 2.45) is 0 Å². The lowest BCUT2D eigenvalue weighted by Crippen LogP contribution is -2.52. The van der Waals surface area contributed by atoms with Gasteiger partial charge in [-0.1, -0.05) is 19.3 Å². The highest BCUT2D eigenvalue weighted by atomic mass is 35.5. The van der Waals surface area contributed by atoms with Crippen LogP contribution >= 0.6 is 11.6 Å². The van der Waals surface area contributed by atoms with Crippen molar-refractivity contribution in [1.29, 1.82) is 0 Å². The van der Waals surface area contributed by atoms with Crippen molar-refractivity contribution in [2.75, 3.05) is 10.2 Å². The molecule has 2 heterocycles. The van der Waals surface area contributed by atoms with Crippen molar-refractivity contribution in [3.8, 4) is 0 Å². The van der Waals surface area contributed by atoms with E-state index in [2.05, 4.69) is 20.2 Å². The Labute approximate surface area is 117 Å². The molecule has 1 aromatic heterocycles. The second kappa shape index (κ2) is 4.96. The fourth-order valence-electron chi connectivity index (χ4n) is 3.03. The first-order chi connectivity index (χ1) is 9.16. The summed E-state index contributed by atoms with van der Waals surface area (Å²) in [4.78, 5) is 22.4. The van der Waals surface area contributed by atoms with E-state index >= 15 is 0 Å². The Hall–Kier alpha value is -1.36. The van der Waals surface area contributed by atoms with E-state index in [0.29, 0.717) is 11.7 Å². The van der Waals surface area contributed by atoms with Gasteiger partial charge in [-0.25, -0.2) is 4.98 Å². The third-order valence-corrected chi connectivity index (χ3v) is 4.19. The number of halogens is 1. The van der Waals surface area contributed by atoms with Crippen LogP contribution in [0.3, 0.4) is 0 Å². The molecule has 0 unspecified atom stereocenters. The van der Waals surface area contributed by atoms with Gasteiger partial charge in [0.25, 0.3) is 0 Å². The first-order valence-corrected chi connectivity index (χ1v) is 7.16. The quantitative estimate of drug-likeness (QED) is 0.804. The number of carbonyl (C=O) groups excluding carboxylic acids is 1. The Morgan fingerprint density at radius 1 is 1.37 bits per heavy atom. The van der Waals surface area contributed by atoms with Gasteiger partial charge in [-0.3, -0.25) is 4.79 Å². The molecule has 0 bridgehead atoms. The third-order valence-electron chi connectivity index (χ3n) is 4.01. The van der Waals surface area contributed by atoms with Gasteiger partial charge in [-0.15, -0.1) is 0 Å². The van der Waals surface area contributed by atoms with Crippen molar-refractivity contribution in [2.45, 2.75) is 51.1 Å². The first kappa shape index (κ1) is 12.7. The molecular formula is C13H17ClN4O. The number of nitrogens with one attached hydrogen (secondary N) is 1. The summed E-state index contributed by atoms with van der Waals surface area (Å²) in [5, 5.41) is 3.07. The van der Waals surface area contributed by atoms with E-state index in [9.17, 15) is 4.79 Å². The number of hydrogen-bond acceptors (Lipinski definition) is 4. The minimum atomic E-state index is -0.207. The lowest BCUT2D eigenvalue weighted by atomic mass is 9.92. The second-order valence-electron chi connectivity index (χ2n) is 5.24. The van der Waals surface area contributed by atoms with Crippen molar-refractivity contribution in [3.63, 3.8) is 0 Å². The smallest absolute Gasteiger partial charge is 0.246 e. The zero-order chi connectivity index (χ0) is 13.4. The zero-order valence-electron chi connectivity index (χ0n) is 10.9. The summed E-state index contributed by atoms with van der Waals surface area (Å²) in [6, 6.07) is 0.168. The predicted octanol–water partition coefficient (Wildman–Crippen LogP) is 2.61. The molecule has 19 heavy (non-hydrogen) atoms. The molecule has 1 atom stereocenters. The number of rotatable bonds is 1. The van der Waals surface area contributed by atoms with Gasteiger partial charge in [0.05, 0.1) is 6.20 Å². The van der Waals surface area contributed by atoms with Crippen LogP contribution in [0.25, 0.3) is 0 Å². The lowest BCUT2D eigenvalue weighted by molar-refractivity contribution is -0.117. The molecule has 0 aromatic carbocycles. The van der Waals surface area contributed by atoms with Crippen LogP contribution in [0.15, 0.2) is 6.20 Å². The fourth-order valence-corrected chi connectivity index (χ4v) is 3.16. The number of amides is 1. The predicted molar refractivity (Wildman–Crippen MR) is 74.5 cm³/mol. The molecular weight excluding hydrogens is 264 g/mol. The van der Waals surface area contributed by atoms with Crippen LogP contribution in [-0.4, -0.2) is 28.0 Å². The van der Waals surface area contributed by atoms with Gasteiger partial charge in [-0.2, -0.15) is 4.98 Å². The van der Waals surface area contributed by atoms with Gasteiger partial charge in [0.15, 0.2) is 5.82 Å². The number of carbonyl (C=O) groups is 1. The number of fused-ring (bicyclic) bond motifs is 1. The summed E-state index contributed by atoms with van der Waals surface area (Å²) in [6.07, 6.45) is 7.51. The Bertz CT molecular complexity index is 501. The van der Waals surface area contributed by atoms with E-state index in [1.807, 2.05) is 6.92 Å². The molecule has 0 radical (unpaired) electrons. The summed E-state index contributed by atoms with van der Waals surface area (Å²) in [6.45, 7) is 1.92. The molecule has 1 N–H and O–H groups in total. The van der Waals surface area contributed by atoms with Gasteiger partial charge < -0.3 is 10.2 Å². The summed E-state index contributed by atoms with van der Waals surface area (Å²) in [7, 11) is 0. The van der Waals surface area contributed by atoms with Crippen LogP contribution in [0.4, 0.5) is 11.5 Å². The minimum Gasteiger partial charge on any atom is -0.340 e. The topological polar surface area (TPSA) is 58.1 Å². The Balaban J connectivity index is 2.01. The van der Waals surface area contributed by atoms with Crippen LogP contribution in [0.5, 0.6) is 0 Å². The van der Waals surface area contributed by atoms with E-state index in [4.69, 9.17) is 11.6 Å². The molecule has 3 rings (SSSR count). The van der Waals surface area contributed by atoms with Crippen LogP contribution in [-0.2, 0) is 4.79 Å². The highest BCUT2D eigenvalue weighted by Gasteiger charge is 2.36. The highest BCUT2D eigenvalue weighted by molar-refractivity contribution is 6.28. The van der Waals surface area contributed by atoms with Crippen LogP contribution in [0.1, 0.15) is 39.0 Å². The Morgan fingerprint density at radius 2 is 2.11 bits per heavy atom. The lowest BCUT2D eigenvalue weighted by Gasteiger charge is -2.42. The molecule has 5 nitrogen and oxygen atoms in total. The van der Waals surface area contributed by atoms with Gasteiger partial charge >= 0.3 is 0 Å². The maximum atomic E-state index is 12.1. The molecule has 1 aromatic rings. The molecule has 0 saturated heterocycles. The average Bonchev–Trinajstić information content (AvgIpc) is 2.42. The molecule has 2 aliphatic rings. The van der Waals surface area contributed by atoms with E-state index in [1.54, 1.807) is 6.20 Å². The molecule has 1 saturated carbocycles. The van der Waals surface area contributed by atoms with Crippen LogP contribution < -0.4 is 10.2 Å². The third kappa shape index (κ3) is 2.27. The standard InChI is InChI=1S/C13H17ClN4O/c1-8-12(19)16-10-7-15-13(14)17-11(10)18(8)9-5-3-2-4-6-9/h7-9H,2-6H2,1H3,(H,16,19)/t8-/m1/s1. The SMILES string of the molecule is C[C@@H]1C(=O)Nc2cnc(Cl)nc2N1C1CCCCC1. The molecule has 0 spiro atoms. The van der Waals surface area contributed by atoms with Gasteiger partial charge in [-0.05, 0) is 31.4 Å². The summed E-state index contributed by atoms with van der Waals surface area (Å²) in [5.74, 6) is 0.767. The summed E-state index contributed by atoms with van der Waals surface area (Å²) in [5.41, 5.74) is 0.665. The monoisotopic (exact) mass is 280 g/mol. The van der Waals surface area contributed by atoms with Crippen LogP contribution in [0, 0.1) is 0 Å². The minimum absolute atomic E-state index is 0.00370. The van der Waals surface area contributed by atoms with Crippen molar-refractivity contribution >= 4 is 29.0 Å². The largest absolute Gasteiger partial charge is 0.340 e. The van der Waals surface area contributed by atoms with Crippen molar-refractivity contribution < 1.29 is 4.79 Å². The first-order valence-electron chi connectivity index (χ1n) is 6.78. The number of hydrogen-bond donors (Lipinski definition) is 1. The average molecular weight is 281 g/mol. The summed E-state index contributed by atoms with van der Waals surface area (Å²) < 4.78 is 0. The Kier molecular flexibility index (Phi) is 3.31. The van der Waals surface area contributed by atoms with E-state index in [1.165, 1.54) is 19.3 Å². The summed E-state index contributed by atoms with van der Waals surface area (Å²) >= 11 is 5.90. The van der Waals surface area contributed by atoms with Gasteiger partial charge in [0, 0.05) is 6.04 Å². The second-order valence-corrected chi connectivity index (χ2v) is 5.58. The molecule has 1 amide bonds. The molecule has 1 fully saturated rings. The highest BCUT2D eigenvalue weighted by Crippen LogP contribution is 2.35. The normalized spacial score (nSPS) is 24.0. The maximum absolute atomic E-state index is 12.1. The van der Waals surface area contributed by atoms with Crippen molar-refractivity contribution in [1.82, 2.24) is 9.97 Å². The number of nitrogens with zero attached hydrogens (tertiary/aromatic N) is 3. The number of anilines is 2. The fraction of sp³-hybridized carbons (Fsp3) is 0.615. The van der Waals surface area contributed by atoms with Gasteiger partial charge in [0.2, 0.25) is 11.2 Å². The van der Waals surface area contributed by atoms with E-state index in [0.717, 1.165) is 18.7 Å². The molecule has 1 aliphatic carbocycles. The van der Waals surface area contributed by atoms with E-state index < -0.39 is 0 Å². The van der Waals surface area contributed by atoms with Crippen LogP contribution in [0.2, 0.25) is 5.28 Å². The molecule has 102 valence electrons. The van der Waals surface area contributed by atoms with Gasteiger partial charge in [0.1, 0.15) is 11.7 Å². The zero-order valence-corrected chi connectivity index (χ0v) is 11.7. The number of aromatic nitrogens is 2. The van der Waals surface area contributed by atoms with E-state index in [-0.39, 0.29) is 17.2 Å². The molecule has 1 aliphatic heterocycles.